The molecule has 0 atom stereocenters. The number of allylic oxidation sites excluding steroid dienone is 2. The Bertz CT molecular complexity index is 270. The van der Waals surface area contributed by atoms with Crippen molar-refractivity contribution in [2.45, 2.75) is 13.8 Å². The van der Waals surface area contributed by atoms with Crippen molar-refractivity contribution in [2.24, 2.45) is 0 Å². The third kappa shape index (κ3) is 1.77. The first-order chi connectivity index (χ1) is 5.25. The monoisotopic (exact) mass is 166 g/mol. The topological polar surface area (TPSA) is 17.1 Å². The fourth-order valence-electron chi connectivity index (χ4n) is 0.733. The van der Waals surface area contributed by atoms with Gasteiger partial charge in [-0.05, 0) is 30.9 Å². The van der Waals surface area contributed by atoms with Crippen molar-refractivity contribution >= 4 is 17.1 Å². The van der Waals surface area contributed by atoms with Gasteiger partial charge >= 0.3 is 0 Å². The zero-order valence-corrected chi connectivity index (χ0v) is 7.44. The Balaban J connectivity index is 2.87. The highest BCUT2D eigenvalue weighted by Gasteiger charge is 2.06. The third-order valence-corrected chi connectivity index (χ3v) is 2.40. The lowest BCUT2D eigenvalue weighted by atomic mass is 10.1. The van der Waals surface area contributed by atoms with Crippen molar-refractivity contribution in [1.29, 1.82) is 0 Å². The van der Waals surface area contributed by atoms with E-state index in [1.807, 2.05) is 37.4 Å². The first-order valence-electron chi connectivity index (χ1n) is 3.47. The maximum atomic E-state index is 11.4. The van der Waals surface area contributed by atoms with Gasteiger partial charge in [0, 0.05) is 0 Å². The molecular weight excluding hydrogens is 156 g/mol. The van der Waals surface area contributed by atoms with Gasteiger partial charge in [-0.25, -0.2) is 0 Å². The summed E-state index contributed by atoms with van der Waals surface area (Å²) < 4.78 is 0. The summed E-state index contributed by atoms with van der Waals surface area (Å²) in [4.78, 5) is 12.2. The highest BCUT2D eigenvalue weighted by atomic mass is 32.1. The number of carbonyl (C=O) groups excluding carboxylic acids is 1. The number of carbonyl (C=O) groups is 1. The van der Waals surface area contributed by atoms with Gasteiger partial charge in [0.2, 0.25) is 0 Å². The van der Waals surface area contributed by atoms with Crippen LogP contribution in [0.4, 0.5) is 0 Å². The van der Waals surface area contributed by atoms with E-state index in [0.29, 0.717) is 0 Å². The molecule has 1 aromatic heterocycles. The summed E-state index contributed by atoms with van der Waals surface area (Å²) in [5, 5.41) is 1.91. The molecule has 0 fully saturated rings. The molecule has 0 aromatic carbocycles. The molecule has 0 aliphatic carbocycles. The maximum absolute atomic E-state index is 11.4. The summed E-state index contributed by atoms with van der Waals surface area (Å²) in [6.45, 7) is 3.71. The van der Waals surface area contributed by atoms with Crippen molar-refractivity contribution in [3.8, 4) is 0 Å². The normalized spacial score (nSPS) is 11.6. The highest BCUT2D eigenvalue weighted by molar-refractivity contribution is 7.12. The van der Waals surface area contributed by atoms with Crippen LogP contribution in [0, 0.1) is 0 Å². The van der Waals surface area contributed by atoms with Crippen LogP contribution in [0.3, 0.4) is 0 Å². The molecule has 0 radical (unpaired) electrons. The van der Waals surface area contributed by atoms with Gasteiger partial charge in [-0.1, -0.05) is 12.1 Å². The lowest BCUT2D eigenvalue weighted by Gasteiger charge is -1.93. The smallest absolute Gasteiger partial charge is 0.198 e. The van der Waals surface area contributed by atoms with Crippen molar-refractivity contribution in [3.63, 3.8) is 0 Å². The van der Waals surface area contributed by atoms with Crippen LogP contribution < -0.4 is 0 Å². The molecule has 0 aliphatic rings. The van der Waals surface area contributed by atoms with E-state index in [0.717, 1.165) is 10.5 Å². The van der Waals surface area contributed by atoms with Crippen LogP contribution in [0.15, 0.2) is 29.2 Å². The summed E-state index contributed by atoms with van der Waals surface area (Å²) in [7, 11) is 0. The predicted octanol–water partition coefficient (Wildman–Crippen LogP) is 2.90. The fourth-order valence-corrected chi connectivity index (χ4v) is 1.46. The number of rotatable bonds is 2. The van der Waals surface area contributed by atoms with Crippen LogP contribution in [0.5, 0.6) is 0 Å². The maximum Gasteiger partial charge on any atom is 0.198 e. The Labute approximate surface area is 70.4 Å². The first kappa shape index (κ1) is 8.21. The highest BCUT2D eigenvalue weighted by Crippen LogP contribution is 2.13. The van der Waals surface area contributed by atoms with Gasteiger partial charge in [0.05, 0.1) is 4.88 Å². The number of thiophene rings is 1. The number of hydrogen-bond donors (Lipinski definition) is 0. The molecule has 0 unspecified atom stereocenters. The Kier molecular flexibility index (Phi) is 2.60. The van der Waals surface area contributed by atoms with Crippen molar-refractivity contribution in [1.82, 2.24) is 0 Å². The van der Waals surface area contributed by atoms with Crippen molar-refractivity contribution in [2.75, 3.05) is 0 Å². The minimum Gasteiger partial charge on any atom is -0.288 e. The molecule has 1 nitrogen and oxygen atoms in total. The Morgan fingerprint density at radius 2 is 2.36 bits per heavy atom. The van der Waals surface area contributed by atoms with Gasteiger partial charge in [0.25, 0.3) is 0 Å². The summed E-state index contributed by atoms with van der Waals surface area (Å²) in [6, 6.07) is 3.74. The minimum absolute atomic E-state index is 0.141. The average molecular weight is 166 g/mol. The van der Waals surface area contributed by atoms with Crippen LogP contribution in [-0.2, 0) is 0 Å². The van der Waals surface area contributed by atoms with Gasteiger partial charge in [-0.3, -0.25) is 4.79 Å². The molecule has 0 saturated carbocycles. The third-order valence-electron chi connectivity index (χ3n) is 1.54. The number of Topliss-reactive ketones (excluding diaryl/α,β-unsaturated/α-hetero) is 1. The van der Waals surface area contributed by atoms with E-state index >= 15 is 0 Å². The molecule has 2 heteroatoms. The van der Waals surface area contributed by atoms with Crippen LogP contribution in [0.1, 0.15) is 23.5 Å². The van der Waals surface area contributed by atoms with Gasteiger partial charge in [0.15, 0.2) is 5.78 Å². The van der Waals surface area contributed by atoms with Crippen molar-refractivity contribution in [3.05, 3.63) is 34.0 Å². The minimum atomic E-state index is 0.141. The van der Waals surface area contributed by atoms with E-state index in [4.69, 9.17) is 0 Å². The summed E-state index contributed by atoms with van der Waals surface area (Å²) in [6.07, 6.45) is 1.84. The Morgan fingerprint density at radius 3 is 2.82 bits per heavy atom. The van der Waals surface area contributed by atoms with Crippen LogP contribution in [0.25, 0.3) is 0 Å². The molecule has 0 saturated heterocycles. The molecule has 0 N–H and O–H groups in total. The standard InChI is InChI=1S/C9H10OS/c1-3-7(2)9(10)8-5-4-6-11-8/h3-6H,1-2H3. The molecule has 0 spiro atoms. The van der Waals surface area contributed by atoms with E-state index in [1.54, 1.807) is 0 Å². The van der Waals surface area contributed by atoms with Crippen LogP contribution in [-0.4, -0.2) is 5.78 Å². The molecule has 58 valence electrons. The molecule has 0 bridgehead atoms. The number of hydrogen-bond acceptors (Lipinski definition) is 2. The fraction of sp³-hybridized carbons (Fsp3) is 0.222. The molecule has 11 heavy (non-hydrogen) atoms. The Morgan fingerprint density at radius 1 is 1.64 bits per heavy atom. The van der Waals surface area contributed by atoms with E-state index < -0.39 is 0 Å². The summed E-state index contributed by atoms with van der Waals surface area (Å²) >= 11 is 1.48. The van der Waals surface area contributed by atoms with E-state index in [1.165, 1.54) is 11.3 Å². The van der Waals surface area contributed by atoms with Gasteiger partial charge in [-0.15, -0.1) is 11.3 Å². The zero-order valence-electron chi connectivity index (χ0n) is 6.63. The SMILES string of the molecule is CC=C(C)C(=O)c1cccs1. The molecule has 1 heterocycles. The van der Waals surface area contributed by atoms with E-state index in [9.17, 15) is 4.79 Å². The second-order valence-corrected chi connectivity index (χ2v) is 3.23. The predicted molar refractivity (Wildman–Crippen MR) is 48.1 cm³/mol. The van der Waals surface area contributed by atoms with Gasteiger partial charge < -0.3 is 0 Å². The van der Waals surface area contributed by atoms with E-state index in [-0.39, 0.29) is 5.78 Å². The number of ketones is 1. The second-order valence-electron chi connectivity index (χ2n) is 2.28. The first-order valence-corrected chi connectivity index (χ1v) is 4.34. The second kappa shape index (κ2) is 3.49. The van der Waals surface area contributed by atoms with Gasteiger partial charge in [-0.2, -0.15) is 0 Å². The van der Waals surface area contributed by atoms with Crippen molar-refractivity contribution < 1.29 is 4.79 Å². The van der Waals surface area contributed by atoms with Crippen LogP contribution in [0.2, 0.25) is 0 Å². The average Bonchev–Trinajstić information content (AvgIpc) is 2.53. The molecule has 1 aromatic rings. The molecule has 0 aliphatic heterocycles. The molecular formula is C9H10OS. The van der Waals surface area contributed by atoms with Gasteiger partial charge in [0.1, 0.15) is 0 Å². The lowest BCUT2D eigenvalue weighted by Crippen LogP contribution is -1.96. The quantitative estimate of drug-likeness (QED) is 0.487. The zero-order chi connectivity index (χ0) is 8.27. The van der Waals surface area contributed by atoms with Crippen LogP contribution >= 0.6 is 11.3 Å². The lowest BCUT2D eigenvalue weighted by molar-refractivity contribution is 0.103. The van der Waals surface area contributed by atoms with E-state index in [2.05, 4.69) is 0 Å². The largest absolute Gasteiger partial charge is 0.288 e. The molecule has 0 amide bonds. The summed E-state index contributed by atoms with van der Waals surface area (Å²) in [5.41, 5.74) is 0.812. The summed E-state index contributed by atoms with van der Waals surface area (Å²) in [5.74, 6) is 0.141. The Hall–Kier alpha value is -0.890. The molecule has 1 rings (SSSR count).